The van der Waals surface area contributed by atoms with Gasteiger partial charge in [0.2, 0.25) is 0 Å². The third kappa shape index (κ3) is 3.82. The average molecular weight is 246 g/mol. The van der Waals surface area contributed by atoms with Gasteiger partial charge in [-0.2, -0.15) is 0 Å². The van der Waals surface area contributed by atoms with Gasteiger partial charge in [0.25, 0.3) is 0 Å². The molecule has 2 nitrogen and oxygen atoms in total. The lowest BCUT2D eigenvalue weighted by molar-refractivity contribution is 0.256. The molecule has 2 heteroatoms. The minimum Gasteiger partial charge on any atom is -0.313 e. The van der Waals surface area contributed by atoms with Crippen molar-refractivity contribution in [1.82, 2.24) is 10.2 Å². The summed E-state index contributed by atoms with van der Waals surface area (Å²) in [5, 5.41) is 3.62. The van der Waals surface area contributed by atoms with Crippen LogP contribution in [0.2, 0.25) is 0 Å². The fraction of sp³-hybridized carbons (Fsp3) is 0.625. The molecule has 1 unspecified atom stereocenters. The normalized spacial score (nSPS) is 20.3. The number of piperidine rings is 1. The van der Waals surface area contributed by atoms with Crippen molar-refractivity contribution < 1.29 is 0 Å². The highest BCUT2D eigenvalue weighted by molar-refractivity contribution is 5.26. The van der Waals surface area contributed by atoms with Crippen LogP contribution in [0.5, 0.6) is 0 Å². The molecule has 1 fully saturated rings. The Morgan fingerprint density at radius 1 is 1.22 bits per heavy atom. The molecule has 100 valence electrons. The lowest BCUT2D eigenvalue weighted by Crippen LogP contribution is -2.42. The van der Waals surface area contributed by atoms with E-state index in [0.29, 0.717) is 6.04 Å². The van der Waals surface area contributed by atoms with E-state index in [2.05, 4.69) is 48.5 Å². The molecular formula is C16H26N2. The van der Waals surface area contributed by atoms with Gasteiger partial charge in [0.15, 0.2) is 0 Å². The molecule has 1 N–H and O–H groups in total. The van der Waals surface area contributed by atoms with Crippen LogP contribution >= 0.6 is 0 Å². The van der Waals surface area contributed by atoms with E-state index >= 15 is 0 Å². The number of likely N-dealkylation sites (N-methyl/N-ethyl adjacent to an activating group) is 1. The number of nitrogens with one attached hydrogen (secondary N) is 1. The maximum absolute atomic E-state index is 3.62. The Kier molecular flexibility index (Phi) is 5.21. The van der Waals surface area contributed by atoms with Gasteiger partial charge >= 0.3 is 0 Å². The predicted octanol–water partition coefficient (Wildman–Crippen LogP) is 2.82. The summed E-state index contributed by atoms with van der Waals surface area (Å²) in [5.74, 6) is 0. The van der Waals surface area contributed by atoms with E-state index < -0.39 is 0 Å². The molecule has 2 rings (SSSR count). The molecule has 0 saturated carbocycles. The maximum Gasteiger partial charge on any atom is 0.0234 e. The predicted molar refractivity (Wildman–Crippen MR) is 77.8 cm³/mol. The molecule has 0 spiro atoms. The first-order chi connectivity index (χ1) is 8.79. The molecule has 1 aromatic rings. The van der Waals surface area contributed by atoms with Crippen LogP contribution in [0.1, 0.15) is 37.3 Å². The number of benzene rings is 1. The van der Waals surface area contributed by atoms with E-state index in [4.69, 9.17) is 0 Å². The van der Waals surface area contributed by atoms with Gasteiger partial charge in [-0.15, -0.1) is 0 Å². The minimum atomic E-state index is 0.692. The first kappa shape index (κ1) is 13.6. The summed E-state index contributed by atoms with van der Waals surface area (Å²) < 4.78 is 0. The zero-order valence-electron chi connectivity index (χ0n) is 11.8. The van der Waals surface area contributed by atoms with Crippen molar-refractivity contribution in [3.8, 4) is 0 Å². The highest BCUT2D eigenvalue weighted by Crippen LogP contribution is 2.13. The Morgan fingerprint density at radius 3 is 2.67 bits per heavy atom. The van der Waals surface area contributed by atoms with Gasteiger partial charge in [0, 0.05) is 19.1 Å². The second-order valence-corrected chi connectivity index (χ2v) is 5.47. The Balaban J connectivity index is 1.87. The first-order valence-electron chi connectivity index (χ1n) is 7.28. The van der Waals surface area contributed by atoms with Crippen molar-refractivity contribution in [1.29, 1.82) is 0 Å². The molecule has 18 heavy (non-hydrogen) atoms. The average Bonchev–Trinajstić information content (AvgIpc) is 2.40. The van der Waals surface area contributed by atoms with Crippen molar-refractivity contribution in [2.24, 2.45) is 0 Å². The molecule has 1 aliphatic rings. The minimum absolute atomic E-state index is 0.692. The first-order valence-corrected chi connectivity index (χ1v) is 7.28. The van der Waals surface area contributed by atoms with Crippen LogP contribution in [0.25, 0.3) is 0 Å². The van der Waals surface area contributed by atoms with Crippen LogP contribution < -0.4 is 5.32 Å². The molecule has 1 heterocycles. The summed E-state index contributed by atoms with van der Waals surface area (Å²) in [7, 11) is 2.24. The van der Waals surface area contributed by atoms with E-state index in [-0.39, 0.29) is 0 Å². The maximum atomic E-state index is 3.62. The molecule has 0 aliphatic carbocycles. The third-order valence-electron chi connectivity index (χ3n) is 3.88. The Labute approximate surface area is 111 Å². The Morgan fingerprint density at radius 2 is 2.00 bits per heavy atom. The van der Waals surface area contributed by atoms with E-state index in [0.717, 1.165) is 19.5 Å². The summed E-state index contributed by atoms with van der Waals surface area (Å²) >= 11 is 0. The molecule has 0 amide bonds. The van der Waals surface area contributed by atoms with Crippen LogP contribution in [-0.4, -0.2) is 31.1 Å². The van der Waals surface area contributed by atoms with Crippen molar-refractivity contribution in [3.05, 3.63) is 35.4 Å². The number of hydrogen-bond acceptors (Lipinski definition) is 2. The number of rotatable bonds is 5. The van der Waals surface area contributed by atoms with Crippen molar-refractivity contribution in [2.75, 3.05) is 20.1 Å². The van der Waals surface area contributed by atoms with Crippen LogP contribution in [-0.2, 0) is 13.0 Å². The van der Waals surface area contributed by atoms with E-state index in [9.17, 15) is 0 Å². The lowest BCUT2D eigenvalue weighted by Gasteiger charge is -2.28. The molecule has 1 aliphatic heterocycles. The summed E-state index contributed by atoms with van der Waals surface area (Å²) in [6.07, 6.45) is 5.20. The highest BCUT2D eigenvalue weighted by atomic mass is 15.1. The SMILES string of the molecule is CCc1ccccc1CN(C)CC1CCCCN1. The Bertz CT molecular complexity index is 356. The zero-order valence-corrected chi connectivity index (χ0v) is 11.8. The molecule has 0 aromatic heterocycles. The van der Waals surface area contributed by atoms with E-state index in [1.54, 1.807) is 0 Å². The summed E-state index contributed by atoms with van der Waals surface area (Å²) in [5.41, 5.74) is 2.97. The zero-order chi connectivity index (χ0) is 12.8. The molecule has 1 saturated heterocycles. The number of nitrogens with zero attached hydrogens (tertiary/aromatic N) is 1. The molecular weight excluding hydrogens is 220 g/mol. The highest BCUT2D eigenvalue weighted by Gasteiger charge is 2.14. The van der Waals surface area contributed by atoms with Gasteiger partial charge in [0.05, 0.1) is 0 Å². The van der Waals surface area contributed by atoms with Gasteiger partial charge in [-0.1, -0.05) is 37.6 Å². The van der Waals surface area contributed by atoms with E-state index in [1.165, 1.54) is 36.9 Å². The van der Waals surface area contributed by atoms with Crippen molar-refractivity contribution >= 4 is 0 Å². The van der Waals surface area contributed by atoms with Gasteiger partial charge in [-0.05, 0) is 44.0 Å². The summed E-state index contributed by atoms with van der Waals surface area (Å²) in [6, 6.07) is 9.51. The second kappa shape index (κ2) is 6.91. The van der Waals surface area contributed by atoms with E-state index in [1.807, 2.05) is 0 Å². The third-order valence-corrected chi connectivity index (χ3v) is 3.88. The fourth-order valence-electron chi connectivity index (χ4n) is 2.87. The van der Waals surface area contributed by atoms with Crippen LogP contribution in [0.4, 0.5) is 0 Å². The molecule has 1 atom stereocenters. The molecule has 0 radical (unpaired) electrons. The van der Waals surface area contributed by atoms with Crippen LogP contribution in [0.15, 0.2) is 24.3 Å². The molecule has 1 aromatic carbocycles. The lowest BCUT2D eigenvalue weighted by atomic mass is 10.0. The van der Waals surface area contributed by atoms with Gasteiger partial charge in [-0.3, -0.25) is 0 Å². The van der Waals surface area contributed by atoms with Crippen molar-refractivity contribution in [2.45, 2.75) is 45.2 Å². The van der Waals surface area contributed by atoms with Gasteiger partial charge in [0.1, 0.15) is 0 Å². The van der Waals surface area contributed by atoms with Crippen molar-refractivity contribution in [3.63, 3.8) is 0 Å². The van der Waals surface area contributed by atoms with Gasteiger partial charge < -0.3 is 10.2 Å². The van der Waals surface area contributed by atoms with Crippen LogP contribution in [0.3, 0.4) is 0 Å². The summed E-state index contributed by atoms with van der Waals surface area (Å²) in [6.45, 7) is 5.67. The Hall–Kier alpha value is -0.860. The fourth-order valence-corrected chi connectivity index (χ4v) is 2.87. The smallest absolute Gasteiger partial charge is 0.0234 e. The monoisotopic (exact) mass is 246 g/mol. The topological polar surface area (TPSA) is 15.3 Å². The number of aryl methyl sites for hydroxylation is 1. The summed E-state index contributed by atoms with van der Waals surface area (Å²) in [4.78, 5) is 2.46. The standard InChI is InChI=1S/C16H26N2/c1-3-14-8-4-5-9-15(14)12-18(2)13-16-10-6-7-11-17-16/h4-5,8-9,16-17H,3,6-7,10-13H2,1-2H3. The van der Waals surface area contributed by atoms with Crippen LogP contribution in [0, 0.1) is 0 Å². The number of hydrogen-bond donors (Lipinski definition) is 1. The molecule has 0 bridgehead atoms. The largest absolute Gasteiger partial charge is 0.313 e. The van der Waals surface area contributed by atoms with Gasteiger partial charge in [-0.25, -0.2) is 0 Å². The second-order valence-electron chi connectivity index (χ2n) is 5.47. The quantitative estimate of drug-likeness (QED) is 0.859.